The Balaban J connectivity index is 2.36. The highest BCUT2D eigenvalue weighted by atomic mass is 19.4. The lowest BCUT2D eigenvalue weighted by Gasteiger charge is -2.13. The lowest BCUT2D eigenvalue weighted by molar-refractivity contribution is -0.138. The van der Waals surface area contributed by atoms with Crippen molar-refractivity contribution in [2.45, 2.75) is 19.5 Å². The van der Waals surface area contributed by atoms with Crippen LogP contribution in [0.1, 0.15) is 18.1 Å². The van der Waals surface area contributed by atoms with Crippen molar-refractivity contribution < 1.29 is 17.9 Å². The summed E-state index contributed by atoms with van der Waals surface area (Å²) in [7, 11) is 0. The molecule has 0 spiro atoms. The fourth-order valence-corrected chi connectivity index (χ4v) is 1.70. The molecule has 0 aliphatic rings. The van der Waals surface area contributed by atoms with E-state index in [2.05, 4.69) is 4.98 Å². The minimum absolute atomic E-state index is 0.159. The molecular formula is C14H13F3N2O. The molecule has 0 aliphatic carbocycles. The molecule has 6 heteroatoms. The number of aryl methyl sites for hydroxylation is 1. The maximum absolute atomic E-state index is 12.8. The van der Waals surface area contributed by atoms with Gasteiger partial charge in [0, 0.05) is 6.20 Å². The van der Waals surface area contributed by atoms with Crippen LogP contribution in [-0.4, -0.2) is 4.98 Å². The Kier molecular flexibility index (Phi) is 3.83. The van der Waals surface area contributed by atoms with Gasteiger partial charge >= 0.3 is 6.18 Å². The topological polar surface area (TPSA) is 48.1 Å². The Morgan fingerprint density at radius 2 is 2.00 bits per heavy atom. The number of hydrogen-bond donors (Lipinski definition) is 1. The molecule has 0 atom stereocenters. The summed E-state index contributed by atoms with van der Waals surface area (Å²) < 4.78 is 43.7. The molecule has 2 aromatic rings. The molecule has 0 saturated carbocycles. The Bertz CT molecular complexity index is 612. The van der Waals surface area contributed by atoms with Crippen molar-refractivity contribution in [3.63, 3.8) is 0 Å². The first-order valence-corrected chi connectivity index (χ1v) is 6.00. The van der Waals surface area contributed by atoms with Gasteiger partial charge in [-0.15, -0.1) is 0 Å². The molecule has 0 bridgehead atoms. The number of ether oxygens (including phenoxy) is 1. The average molecular weight is 282 g/mol. The first-order chi connectivity index (χ1) is 9.41. The largest absolute Gasteiger partial charge is 0.436 e. The third-order valence-electron chi connectivity index (χ3n) is 2.77. The highest BCUT2D eigenvalue weighted by Gasteiger charge is 2.35. The zero-order valence-electron chi connectivity index (χ0n) is 10.7. The van der Waals surface area contributed by atoms with Gasteiger partial charge < -0.3 is 10.5 Å². The monoisotopic (exact) mass is 282 g/mol. The second-order valence-corrected chi connectivity index (χ2v) is 4.18. The van der Waals surface area contributed by atoms with Gasteiger partial charge in [0.2, 0.25) is 5.88 Å². The second kappa shape index (κ2) is 5.40. The van der Waals surface area contributed by atoms with E-state index in [1.54, 1.807) is 18.2 Å². The second-order valence-electron chi connectivity index (χ2n) is 4.18. The van der Waals surface area contributed by atoms with Crippen LogP contribution in [0.5, 0.6) is 11.6 Å². The van der Waals surface area contributed by atoms with Crippen LogP contribution in [0.15, 0.2) is 36.5 Å². The third-order valence-corrected chi connectivity index (χ3v) is 2.77. The first kappa shape index (κ1) is 14.2. The van der Waals surface area contributed by atoms with Gasteiger partial charge in [-0.1, -0.05) is 13.0 Å². The Morgan fingerprint density at radius 3 is 2.60 bits per heavy atom. The predicted molar refractivity (Wildman–Crippen MR) is 69.5 cm³/mol. The van der Waals surface area contributed by atoms with Gasteiger partial charge in [0.25, 0.3) is 0 Å². The molecule has 2 rings (SSSR count). The first-order valence-electron chi connectivity index (χ1n) is 6.00. The predicted octanol–water partition coefficient (Wildman–Crippen LogP) is 4.04. The van der Waals surface area contributed by atoms with E-state index in [-0.39, 0.29) is 11.4 Å². The zero-order chi connectivity index (χ0) is 14.8. The number of pyridine rings is 1. The van der Waals surface area contributed by atoms with Crippen molar-refractivity contribution in [1.29, 1.82) is 0 Å². The van der Waals surface area contributed by atoms with Gasteiger partial charge in [-0.25, -0.2) is 4.98 Å². The van der Waals surface area contributed by atoms with Gasteiger partial charge in [0.1, 0.15) is 5.56 Å². The summed E-state index contributed by atoms with van der Waals surface area (Å²) in [4.78, 5) is 3.63. The van der Waals surface area contributed by atoms with Gasteiger partial charge in [-0.05, 0) is 36.2 Å². The van der Waals surface area contributed by atoms with Crippen LogP contribution in [0.4, 0.5) is 18.9 Å². The minimum atomic E-state index is -4.53. The van der Waals surface area contributed by atoms with Gasteiger partial charge in [-0.2, -0.15) is 13.2 Å². The van der Waals surface area contributed by atoms with Crippen molar-refractivity contribution in [1.82, 2.24) is 4.98 Å². The summed E-state index contributed by atoms with van der Waals surface area (Å²) in [5.41, 5.74) is 6.10. The minimum Gasteiger partial charge on any atom is -0.436 e. The van der Waals surface area contributed by atoms with Crippen molar-refractivity contribution in [2.75, 3.05) is 5.73 Å². The summed E-state index contributed by atoms with van der Waals surface area (Å²) in [6.07, 6.45) is -2.51. The summed E-state index contributed by atoms with van der Waals surface area (Å²) >= 11 is 0. The molecule has 3 nitrogen and oxygen atoms in total. The fourth-order valence-electron chi connectivity index (χ4n) is 1.70. The van der Waals surface area contributed by atoms with Gasteiger partial charge in [-0.3, -0.25) is 0 Å². The molecule has 0 aliphatic heterocycles. The van der Waals surface area contributed by atoms with Crippen molar-refractivity contribution >= 4 is 5.69 Å². The summed E-state index contributed by atoms with van der Waals surface area (Å²) in [5, 5.41) is 0. The highest BCUT2D eigenvalue weighted by molar-refractivity contribution is 5.55. The number of hydrogen-bond acceptors (Lipinski definition) is 3. The number of anilines is 1. The van der Waals surface area contributed by atoms with E-state index in [4.69, 9.17) is 10.5 Å². The van der Waals surface area contributed by atoms with Crippen LogP contribution in [0.25, 0.3) is 0 Å². The van der Waals surface area contributed by atoms with Crippen LogP contribution >= 0.6 is 0 Å². The van der Waals surface area contributed by atoms with E-state index >= 15 is 0 Å². The number of aromatic nitrogens is 1. The zero-order valence-corrected chi connectivity index (χ0v) is 10.7. The number of nitrogens with zero attached hydrogens (tertiary/aromatic N) is 1. The molecule has 106 valence electrons. The highest BCUT2D eigenvalue weighted by Crippen LogP contribution is 2.37. The van der Waals surface area contributed by atoms with E-state index in [9.17, 15) is 13.2 Å². The fraction of sp³-hybridized carbons (Fsp3) is 0.214. The Morgan fingerprint density at radius 1 is 1.25 bits per heavy atom. The lowest BCUT2D eigenvalue weighted by atomic mass is 10.1. The standard InChI is InChI=1S/C14H13F3N2O/c1-2-9-5-6-12(11(18)8-9)20-13-10(14(15,16)17)4-3-7-19-13/h3-8H,2,18H2,1H3. The van der Waals surface area contributed by atoms with Crippen molar-refractivity contribution in [3.05, 3.63) is 47.7 Å². The summed E-state index contributed by atoms with van der Waals surface area (Å²) in [6.45, 7) is 1.95. The maximum Gasteiger partial charge on any atom is 0.421 e. The van der Waals surface area contributed by atoms with E-state index in [1.165, 1.54) is 12.3 Å². The molecule has 0 radical (unpaired) electrons. The summed E-state index contributed by atoms with van der Waals surface area (Å²) in [6, 6.07) is 7.09. The lowest BCUT2D eigenvalue weighted by Crippen LogP contribution is -2.08. The number of rotatable bonds is 3. The molecule has 0 amide bonds. The number of alkyl halides is 3. The van der Waals surface area contributed by atoms with Crippen LogP contribution in [0, 0.1) is 0 Å². The number of benzene rings is 1. The van der Waals surface area contributed by atoms with Crippen LogP contribution < -0.4 is 10.5 Å². The molecule has 20 heavy (non-hydrogen) atoms. The number of nitrogen functional groups attached to an aromatic ring is 1. The SMILES string of the molecule is CCc1ccc(Oc2ncccc2C(F)(F)F)c(N)c1. The molecule has 1 heterocycles. The average Bonchev–Trinajstić information content (AvgIpc) is 2.40. The smallest absolute Gasteiger partial charge is 0.421 e. The van der Waals surface area contributed by atoms with E-state index in [1.807, 2.05) is 6.92 Å². The normalized spacial score (nSPS) is 11.4. The Labute approximate surface area is 114 Å². The Hall–Kier alpha value is -2.24. The molecule has 0 fully saturated rings. The quantitative estimate of drug-likeness (QED) is 0.864. The van der Waals surface area contributed by atoms with Gasteiger partial charge in [0.15, 0.2) is 5.75 Å². The van der Waals surface area contributed by atoms with E-state index in [0.717, 1.165) is 18.1 Å². The number of nitrogens with two attached hydrogens (primary N) is 1. The molecular weight excluding hydrogens is 269 g/mol. The molecule has 0 unspecified atom stereocenters. The van der Waals surface area contributed by atoms with Crippen LogP contribution in [-0.2, 0) is 12.6 Å². The maximum atomic E-state index is 12.8. The van der Waals surface area contributed by atoms with Gasteiger partial charge in [0.05, 0.1) is 5.69 Å². The molecule has 1 aromatic carbocycles. The van der Waals surface area contributed by atoms with Crippen LogP contribution in [0.3, 0.4) is 0 Å². The van der Waals surface area contributed by atoms with Crippen molar-refractivity contribution in [2.24, 2.45) is 0 Å². The van der Waals surface area contributed by atoms with Crippen LogP contribution in [0.2, 0.25) is 0 Å². The van der Waals surface area contributed by atoms with E-state index < -0.39 is 17.6 Å². The number of halogens is 3. The molecule has 2 N–H and O–H groups in total. The third kappa shape index (κ3) is 3.01. The summed E-state index contributed by atoms with van der Waals surface area (Å²) in [5.74, 6) is -0.345. The molecule has 0 saturated heterocycles. The molecule has 1 aromatic heterocycles. The van der Waals surface area contributed by atoms with Crippen molar-refractivity contribution in [3.8, 4) is 11.6 Å². The van der Waals surface area contributed by atoms with E-state index in [0.29, 0.717) is 0 Å².